The molecule has 5 nitrogen and oxygen atoms in total. The molecule has 2 heterocycles. The van der Waals surface area contributed by atoms with Crippen molar-refractivity contribution in [3.8, 4) is 5.75 Å². The van der Waals surface area contributed by atoms with E-state index in [-0.39, 0.29) is 11.9 Å². The zero-order chi connectivity index (χ0) is 16.2. The second-order valence-corrected chi connectivity index (χ2v) is 6.21. The number of hydrogen-bond acceptors (Lipinski definition) is 4. The summed E-state index contributed by atoms with van der Waals surface area (Å²) in [5.74, 6) is 0.731. The SMILES string of the molecule is COc1ccc(C(=O)N2CCNCC2c2cccnc2)cc1Br. The molecule has 1 N–H and O–H groups in total. The number of carbonyl (C=O) groups excluding carboxylic acids is 1. The van der Waals surface area contributed by atoms with E-state index >= 15 is 0 Å². The quantitative estimate of drug-likeness (QED) is 0.895. The number of carbonyl (C=O) groups is 1. The maximum Gasteiger partial charge on any atom is 0.254 e. The first-order valence-corrected chi connectivity index (χ1v) is 8.25. The minimum absolute atomic E-state index is 0.00849. The predicted molar refractivity (Wildman–Crippen MR) is 91.6 cm³/mol. The molecule has 6 heteroatoms. The van der Waals surface area contributed by atoms with Crippen LogP contribution in [-0.2, 0) is 0 Å². The maximum absolute atomic E-state index is 13.0. The topological polar surface area (TPSA) is 54.5 Å². The van der Waals surface area contributed by atoms with Crippen LogP contribution in [0.5, 0.6) is 5.75 Å². The third kappa shape index (κ3) is 3.38. The van der Waals surface area contributed by atoms with E-state index in [4.69, 9.17) is 4.74 Å². The van der Waals surface area contributed by atoms with Crippen molar-refractivity contribution in [2.75, 3.05) is 26.7 Å². The molecular formula is C17H18BrN3O2. The van der Waals surface area contributed by atoms with Gasteiger partial charge in [-0.2, -0.15) is 0 Å². The van der Waals surface area contributed by atoms with Gasteiger partial charge in [0.1, 0.15) is 5.75 Å². The second-order valence-electron chi connectivity index (χ2n) is 5.35. The van der Waals surface area contributed by atoms with Gasteiger partial charge >= 0.3 is 0 Å². The Morgan fingerprint density at radius 1 is 1.43 bits per heavy atom. The zero-order valence-corrected chi connectivity index (χ0v) is 14.4. The first kappa shape index (κ1) is 16.0. The molecule has 1 unspecified atom stereocenters. The number of piperazine rings is 1. The van der Waals surface area contributed by atoms with Crippen molar-refractivity contribution in [1.29, 1.82) is 0 Å². The summed E-state index contributed by atoms with van der Waals surface area (Å²) in [6.45, 7) is 2.19. The molecule has 3 rings (SSSR count). The first-order valence-electron chi connectivity index (χ1n) is 7.46. The molecule has 1 aromatic heterocycles. The van der Waals surface area contributed by atoms with E-state index in [9.17, 15) is 4.79 Å². The van der Waals surface area contributed by atoms with Crippen LogP contribution in [0, 0.1) is 0 Å². The second kappa shape index (κ2) is 7.10. The third-order valence-electron chi connectivity index (χ3n) is 3.97. The monoisotopic (exact) mass is 375 g/mol. The van der Waals surface area contributed by atoms with Crippen molar-refractivity contribution in [1.82, 2.24) is 15.2 Å². The van der Waals surface area contributed by atoms with Gasteiger partial charge in [0, 0.05) is 37.6 Å². The fourth-order valence-corrected chi connectivity index (χ4v) is 3.32. The maximum atomic E-state index is 13.0. The molecule has 0 spiro atoms. The number of halogens is 1. The molecule has 0 radical (unpaired) electrons. The summed E-state index contributed by atoms with van der Waals surface area (Å²) in [4.78, 5) is 19.0. The van der Waals surface area contributed by atoms with E-state index in [0.717, 1.165) is 23.1 Å². The fourth-order valence-electron chi connectivity index (χ4n) is 2.78. The summed E-state index contributed by atoms with van der Waals surface area (Å²) >= 11 is 3.44. The van der Waals surface area contributed by atoms with E-state index in [1.807, 2.05) is 29.3 Å². The summed E-state index contributed by atoms with van der Waals surface area (Å²) < 4.78 is 6.00. The Bertz CT molecular complexity index is 693. The van der Waals surface area contributed by atoms with Gasteiger partial charge in [-0.1, -0.05) is 6.07 Å². The van der Waals surface area contributed by atoms with Gasteiger partial charge in [0.05, 0.1) is 17.6 Å². The number of nitrogens with zero attached hydrogens (tertiary/aromatic N) is 2. The van der Waals surface area contributed by atoms with Crippen LogP contribution in [0.4, 0.5) is 0 Å². The molecule has 0 bridgehead atoms. The van der Waals surface area contributed by atoms with Crippen LogP contribution < -0.4 is 10.1 Å². The van der Waals surface area contributed by atoms with E-state index in [2.05, 4.69) is 26.2 Å². The summed E-state index contributed by atoms with van der Waals surface area (Å²) in [6.07, 6.45) is 3.56. The molecule has 1 aliphatic rings. The Kier molecular flexibility index (Phi) is 4.93. The lowest BCUT2D eigenvalue weighted by Crippen LogP contribution is -2.48. The van der Waals surface area contributed by atoms with E-state index in [1.165, 1.54) is 0 Å². The van der Waals surface area contributed by atoms with Crippen LogP contribution in [-0.4, -0.2) is 42.5 Å². The van der Waals surface area contributed by atoms with Crippen LogP contribution in [0.3, 0.4) is 0 Å². The minimum Gasteiger partial charge on any atom is -0.496 e. The lowest BCUT2D eigenvalue weighted by molar-refractivity contribution is 0.0634. The minimum atomic E-state index is -0.00849. The smallest absolute Gasteiger partial charge is 0.254 e. The van der Waals surface area contributed by atoms with Gasteiger partial charge in [0.15, 0.2) is 0 Å². The standard InChI is InChI=1S/C17H18BrN3O2/c1-23-16-5-4-12(9-14(16)18)17(22)21-8-7-20-11-15(21)13-3-2-6-19-10-13/h2-6,9-10,15,20H,7-8,11H2,1H3. The number of ether oxygens (including phenoxy) is 1. The number of pyridine rings is 1. The number of rotatable bonds is 3. The van der Waals surface area contributed by atoms with E-state index < -0.39 is 0 Å². The number of hydrogen-bond donors (Lipinski definition) is 1. The average molecular weight is 376 g/mol. The molecule has 1 aliphatic heterocycles. The third-order valence-corrected chi connectivity index (χ3v) is 4.59. The van der Waals surface area contributed by atoms with Crippen molar-refractivity contribution in [2.45, 2.75) is 6.04 Å². The molecule has 2 aromatic rings. The molecule has 1 aromatic carbocycles. The Labute approximate surface area is 143 Å². The van der Waals surface area contributed by atoms with Crippen LogP contribution in [0.2, 0.25) is 0 Å². The van der Waals surface area contributed by atoms with Gasteiger partial charge in [-0.3, -0.25) is 9.78 Å². The molecular weight excluding hydrogens is 358 g/mol. The van der Waals surface area contributed by atoms with Crippen LogP contribution in [0.15, 0.2) is 47.2 Å². The summed E-state index contributed by atoms with van der Waals surface area (Å²) in [6, 6.07) is 9.31. The lowest BCUT2D eigenvalue weighted by atomic mass is 10.0. The molecule has 23 heavy (non-hydrogen) atoms. The van der Waals surface area contributed by atoms with Gasteiger partial charge in [-0.15, -0.1) is 0 Å². The zero-order valence-electron chi connectivity index (χ0n) is 12.8. The summed E-state index contributed by atoms with van der Waals surface area (Å²) in [5, 5.41) is 3.35. The highest BCUT2D eigenvalue weighted by Crippen LogP contribution is 2.28. The van der Waals surface area contributed by atoms with E-state index in [1.54, 1.807) is 25.4 Å². The average Bonchev–Trinajstić information content (AvgIpc) is 2.62. The van der Waals surface area contributed by atoms with Gasteiger partial charge in [-0.05, 0) is 45.8 Å². The van der Waals surface area contributed by atoms with Crippen LogP contribution in [0.25, 0.3) is 0 Å². The molecule has 1 amide bonds. The number of benzene rings is 1. The van der Waals surface area contributed by atoms with Crippen LogP contribution in [0.1, 0.15) is 22.0 Å². The van der Waals surface area contributed by atoms with Gasteiger partial charge in [0.25, 0.3) is 5.91 Å². The van der Waals surface area contributed by atoms with Gasteiger partial charge in [-0.25, -0.2) is 0 Å². The highest BCUT2D eigenvalue weighted by atomic mass is 79.9. The first-order chi connectivity index (χ1) is 11.2. The summed E-state index contributed by atoms with van der Waals surface area (Å²) in [7, 11) is 1.61. The molecule has 0 saturated carbocycles. The Morgan fingerprint density at radius 2 is 2.30 bits per heavy atom. The highest BCUT2D eigenvalue weighted by Gasteiger charge is 2.29. The normalized spacial score (nSPS) is 17.8. The predicted octanol–water partition coefficient (Wildman–Crippen LogP) is 2.64. The van der Waals surface area contributed by atoms with Crippen molar-refractivity contribution in [3.63, 3.8) is 0 Å². The van der Waals surface area contributed by atoms with Crippen LogP contribution >= 0.6 is 15.9 Å². The molecule has 1 saturated heterocycles. The van der Waals surface area contributed by atoms with Gasteiger partial charge in [0.2, 0.25) is 0 Å². The van der Waals surface area contributed by atoms with Crippen molar-refractivity contribution in [2.24, 2.45) is 0 Å². The Balaban J connectivity index is 1.88. The number of methoxy groups -OCH3 is 1. The highest BCUT2D eigenvalue weighted by molar-refractivity contribution is 9.10. The van der Waals surface area contributed by atoms with E-state index in [0.29, 0.717) is 17.9 Å². The summed E-state index contributed by atoms with van der Waals surface area (Å²) in [5.41, 5.74) is 1.69. The number of nitrogens with one attached hydrogen (secondary N) is 1. The molecule has 120 valence electrons. The van der Waals surface area contributed by atoms with Gasteiger partial charge < -0.3 is 15.0 Å². The molecule has 0 aliphatic carbocycles. The van der Waals surface area contributed by atoms with Crippen molar-refractivity contribution in [3.05, 3.63) is 58.3 Å². The van der Waals surface area contributed by atoms with Crippen molar-refractivity contribution >= 4 is 21.8 Å². The number of aromatic nitrogens is 1. The Morgan fingerprint density at radius 3 is 3.00 bits per heavy atom. The number of amides is 1. The lowest BCUT2D eigenvalue weighted by Gasteiger charge is -2.36. The molecule has 1 fully saturated rings. The molecule has 1 atom stereocenters. The Hall–Kier alpha value is -1.92. The van der Waals surface area contributed by atoms with Crippen molar-refractivity contribution < 1.29 is 9.53 Å². The largest absolute Gasteiger partial charge is 0.496 e. The fraction of sp³-hybridized carbons (Fsp3) is 0.294.